The van der Waals surface area contributed by atoms with Crippen LogP contribution in [0.2, 0.25) is 0 Å². The summed E-state index contributed by atoms with van der Waals surface area (Å²) in [7, 11) is 1.91. The number of hydrogen-bond acceptors (Lipinski definition) is 4. The van der Waals surface area contributed by atoms with Crippen molar-refractivity contribution >= 4 is 5.91 Å². The number of aromatic hydroxyl groups is 1. The summed E-state index contributed by atoms with van der Waals surface area (Å²) in [5.74, 6) is 0.140. The normalized spacial score (nSPS) is 13.9. The molecular weight excluding hydrogens is 352 g/mol. The number of aryl methyl sites for hydroxylation is 1. The van der Waals surface area contributed by atoms with E-state index in [0.29, 0.717) is 18.8 Å². The zero-order chi connectivity index (χ0) is 19.5. The second kappa shape index (κ2) is 7.86. The van der Waals surface area contributed by atoms with Crippen LogP contribution in [0.5, 0.6) is 5.75 Å². The summed E-state index contributed by atoms with van der Waals surface area (Å²) < 4.78 is 1.84. The van der Waals surface area contributed by atoms with Gasteiger partial charge in [0, 0.05) is 50.9 Å². The number of nitrogens with zero attached hydrogens (tertiary/aromatic N) is 3. The minimum absolute atomic E-state index is 0.132. The van der Waals surface area contributed by atoms with E-state index in [1.54, 1.807) is 12.1 Å². The van der Waals surface area contributed by atoms with Crippen LogP contribution >= 0.6 is 0 Å². The predicted octanol–water partition coefficient (Wildman–Crippen LogP) is 2.61. The van der Waals surface area contributed by atoms with Crippen LogP contribution in [0.3, 0.4) is 0 Å². The number of carbonyl (C=O) groups is 1. The fourth-order valence-corrected chi connectivity index (χ4v) is 3.69. The number of nitrogens with one attached hydrogen (secondary N) is 1. The summed E-state index contributed by atoms with van der Waals surface area (Å²) in [5.41, 5.74) is 4.86. The van der Waals surface area contributed by atoms with E-state index in [9.17, 15) is 9.90 Å². The third-order valence-corrected chi connectivity index (χ3v) is 5.17. The van der Waals surface area contributed by atoms with Crippen molar-refractivity contribution in [1.82, 2.24) is 20.0 Å². The monoisotopic (exact) mass is 376 g/mol. The molecule has 1 aliphatic heterocycles. The molecular formula is C22H24N4O2. The molecule has 1 aliphatic rings. The number of rotatable bonds is 5. The number of fused-ring (bicyclic) bond motifs is 1. The van der Waals surface area contributed by atoms with Gasteiger partial charge in [-0.05, 0) is 23.3 Å². The molecule has 0 radical (unpaired) electrons. The van der Waals surface area contributed by atoms with E-state index in [2.05, 4.69) is 15.3 Å². The smallest absolute Gasteiger partial charge is 0.272 e. The number of amides is 1. The Morgan fingerprint density at radius 2 is 1.86 bits per heavy atom. The Morgan fingerprint density at radius 3 is 2.61 bits per heavy atom. The quantitative estimate of drug-likeness (QED) is 0.718. The van der Waals surface area contributed by atoms with Gasteiger partial charge in [0.15, 0.2) is 5.69 Å². The lowest BCUT2D eigenvalue weighted by molar-refractivity contribution is 0.0942. The molecule has 0 spiro atoms. The molecule has 0 unspecified atom stereocenters. The average molecular weight is 376 g/mol. The molecule has 0 aliphatic carbocycles. The largest absolute Gasteiger partial charge is 0.508 e. The average Bonchev–Trinajstić information content (AvgIpc) is 3.05. The van der Waals surface area contributed by atoms with Crippen LogP contribution in [-0.4, -0.2) is 32.2 Å². The summed E-state index contributed by atoms with van der Waals surface area (Å²) in [6, 6.07) is 17.2. The first-order chi connectivity index (χ1) is 13.6. The number of hydrogen-bond donors (Lipinski definition) is 2. The lowest BCUT2D eigenvalue weighted by Crippen LogP contribution is -2.32. The van der Waals surface area contributed by atoms with Crippen molar-refractivity contribution in [1.29, 1.82) is 0 Å². The summed E-state index contributed by atoms with van der Waals surface area (Å²) >= 11 is 0. The number of aromatic nitrogens is 2. The molecule has 0 atom stereocenters. The first kappa shape index (κ1) is 18.3. The van der Waals surface area contributed by atoms with Gasteiger partial charge in [0.25, 0.3) is 5.91 Å². The number of phenolic OH excluding ortho intramolecular Hbond substituents is 1. The molecule has 2 heterocycles. The molecule has 0 saturated heterocycles. The molecule has 1 amide bonds. The first-order valence-corrected chi connectivity index (χ1v) is 9.47. The Bertz CT molecular complexity index is 964. The molecule has 0 bridgehead atoms. The topological polar surface area (TPSA) is 70.4 Å². The highest BCUT2D eigenvalue weighted by Gasteiger charge is 2.27. The lowest BCUT2D eigenvalue weighted by Gasteiger charge is -2.27. The van der Waals surface area contributed by atoms with E-state index in [-0.39, 0.29) is 11.7 Å². The first-order valence-electron chi connectivity index (χ1n) is 9.47. The lowest BCUT2D eigenvalue weighted by atomic mass is 10.0. The van der Waals surface area contributed by atoms with Gasteiger partial charge in [0.1, 0.15) is 5.75 Å². The van der Waals surface area contributed by atoms with Gasteiger partial charge in [-0.25, -0.2) is 0 Å². The fraction of sp³-hybridized carbons (Fsp3) is 0.273. The van der Waals surface area contributed by atoms with Gasteiger partial charge in [-0.1, -0.05) is 42.5 Å². The Balaban J connectivity index is 1.47. The Hall–Kier alpha value is -3.12. The van der Waals surface area contributed by atoms with E-state index in [1.807, 2.05) is 54.2 Å². The van der Waals surface area contributed by atoms with Gasteiger partial charge in [-0.3, -0.25) is 14.4 Å². The Kier molecular flexibility index (Phi) is 5.12. The van der Waals surface area contributed by atoms with Crippen LogP contribution in [0.1, 0.15) is 32.9 Å². The molecule has 0 fully saturated rings. The Labute approximate surface area is 164 Å². The van der Waals surface area contributed by atoms with E-state index in [0.717, 1.165) is 41.9 Å². The van der Waals surface area contributed by atoms with E-state index in [4.69, 9.17) is 0 Å². The molecule has 6 heteroatoms. The molecule has 28 heavy (non-hydrogen) atoms. The standard InChI is InChI=1S/C22H24N4O2/c1-25-20-11-12-26(14-17-7-9-18(27)10-8-17)15-19(20)21(24-25)22(28)23-13-16-5-3-2-4-6-16/h2-10,27H,11-15H2,1H3,(H,23,28). The van der Waals surface area contributed by atoms with E-state index >= 15 is 0 Å². The van der Waals surface area contributed by atoms with Crippen molar-refractivity contribution in [2.24, 2.45) is 7.05 Å². The van der Waals surface area contributed by atoms with Crippen LogP contribution in [-0.2, 0) is 33.1 Å². The van der Waals surface area contributed by atoms with Crippen LogP contribution in [0.15, 0.2) is 54.6 Å². The van der Waals surface area contributed by atoms with Crippen molar-refractivity contribution in [3.8, 4) is 5.75 Å². The van der Waals surface area contributed by atoms with Crippen molar-refractivity contribution in [2.75, 3.05) is 6.54 Å². The van der Waals surface area contributed by atoms with Crippen LogP contribution in [0.25, 0.3) is 0 Å². The molecule has 6 nitrogen and oxygen atoms in total. The molecule has 144 valence electrons. The maximum absolute atomic E-state index is 12.8. The van der Waals surface area contributed by atoms with Crippen molar-refractivity contribution in [2.45, 2.75) is 26.1 Å². The summed E-state index contributed by atoms with van der Waals surface area (Å²) in [6.45, 7) is 2.87. The second-order valence-electron chi connectivity index (χ2n) is 7.19. The summed E-state index contributed by atoms with van der Waals surface area (Å²) in [5, 5.41) is 16.9. The summed E-state index contributed by atoms with van der Waals surface area (Å²) in [4.78, 5) is 15.1. The van der Waals surface area contributed by atoms with E-state index < -0.39 is 0 Å². The highest BCUT2D eigenvalue weighted by atomic mass is 16.3. The van der Waals surface area contributed by atoms with Gasteiger partial charge in [-0.15, -0.1) is 0 Å². The third-order valence-electron chi connectivity index (χ3n) is 5.17. The highest BCUT2D eigenvalue weighted by Crippen LogP contribution is 2.24. The minimum atomic E-state index is -0.132. The minimum Gasteiger partial charge on any atom is -0.508 e. The van der Waals surface area contributed by atoms with Crippen LogP contribution in [0.4, 0.5) is 0 Å². The third kappa shape index (κ3) is 3.92. The van der Waals surface area contributed by atoms with Gasteiger partial charge < -0.3 is 10.4 Å². The van der Waals surface area contributed by atoms with Crippen LogP contribution < -0.4 is 5.32 Å². The van der Waals surface area contributed by atoms with Crippen molar-refractivity contribution < 1.29 is 9.90 Å². The van der Waals surface area contributed by atoms with Crippen molar-refractivity contribution in [3.63, 3.8) is 0 Å². The number of carbonyl (C=O) groups excluding carboxylic acids is 1. The highest BCUT2D eigenvalue weighted by molar-refractivity contribution is 5.94. The molecule has 1 aromatic heterocycles. The zero-order valence-corrected chi connectivity index (χ0v) is 15.9. The fourth-order valence-electron chi connectivity index (χ4n) is 3.69. The predicted molar refractivity (Wildman–Crippen MR) is 107 cm³/mol. The zero-order valence-electron chi connectivity index (χ0n) is 15.9. The van der Waals surface area contributed by atoms with Gasteiger partial charge in [0.05, 0.1) is 0 Å². The maximum atomic E-state index is 12.8. The molecule has 4 rings (SSSR count). The van der Waals surface area contributed by atoms with Gasteiger partial charge in [0.2, 0.25) is 0 Å². The maximum Gasteiger partial charge on any atom is 0.272 e. The SMILES string of the molecule is Cn1nc(C(=O)NCc2ccccc2)c2c1CCN(Cc1ccc(O)cc1)C2. The second-order valence-corrected chi connectivity index (χ2v) is 7.19. The van der Waals surface area contributed by atoms with Crippen molar-refractivity contribution in [3.05, 3.63) is 82.7 Å². The Morgan fingerprint density at radius 1 is 1.11 bits per heavy atom. The molecule has 2 aromatic carbocycles. The number of benzene rings is 2. The summed E-state index contributed by atoms with van der Waals surface area (Å²) in [6.07, 6.45) is 0.864. The van der Waals surface area contributed by atoms with Gasteiger partial charge >= 0.3 is 0 Å². The number of phenols is 1. The van der Waals surface area contributed by atoms with E-state index in [1.165, 1.54) is 0 Å². The molecule has 2 N–H and O–H groups in total. The van der Waals surface area contributed by atoms with Crippen LogP contribution in [0, 0.1) is 0 Å². The van der Waals surface area contributed by atoms with Gasteiger partial charge in [-0.2, -0.15) is 5.10 Å². The molecule has 0 saturated carbocycles. The molecule has 3 aromatic rings.